The molecule has 0 bridgehead atoms. The average molecular weight is 328 g/mol. The molecule has 1 fully saturated rings. The van der Waals surface area contributed by atoms with Crippen LogP contribution in [0.25, 0.3) is 0 Å². The third-order valence-corrected chi connectivity index (χ3v) is 3.98. The third-order valence-electron chi connectivity index (χ3n) is 3.49. The number of hydrogen-bond donors (Lipinski definition) is 2. The molecule has 106 valence electrons. The van der Waals surface area contributed by atoms with E-state index in [1.807, 2.05) is 24.3 Å². The van der Waals surface area contributed by atoms with E-state index in [0.29, 0.717) is 19.2 Å². The van der Waals surface area contributed by atoms with Crippen molar-refractivity contribution in [3.63, 3.8) is 0 Å². The van der Waals surface area contributed by atoms with E-state index in [1.165, 1.54) is 32.1 Å². The zero-order valence-electron chi connectivity index (χ0n) is 11.1. The van der Waals surface area contributed by atoms with Gasteiger partial charge in [0, 0.05) is 17.1 Å². The van der Waals surface area contributed by atoms with Gasteiger partial charge < -0.3 is 15.2 Å². The number of aliphatic hydroxyl groups excluding tert-OH is 1. The molecule has 0 saturated heterocycles. The minimum atomic E-state index is -0.457. The number of ether oxygens (including phenoxy) is 1. The molecular formula is C15H22BrNO2. The van der Waals surface area contributed by atoms with Crippen molar-refractivity contribution in [1.82, 2.24) is 5.32 Å². The van der Waals surface area contributed by atoms with Crippen LogP contribution in [0.15, 0.2) is 28.7 Å². The van der Waals surface area contributed by atoms with Gasteiger partial charge in [0.1, 0.15) is 18.5 Å². The van der Waals surface area contributed by atoms with Gasteiger partial charge in [-0.1, -0.05) is 41.3 Å². The van der Waals surface area contributed by atoms with Gasteiger partial charge in [-0.25, -0.2) is 0 Å². The van der Waals surface area contributed by atoms with E-state index in [2.05, 4.69) is 21.2 Å². The second-order valence-corrected chi connectivity index (χ2v) is 6.08. The van der Waals surface area contributed by atoms with E-state index in [9.17, 15) is 5.11 Å². The molecule has 0 amide bonds. The van der Waals surface area contributed by atoms with Crippen LogP contribution in [0.4, 0.5) is 0 Å². The molecule has 0 unspecified atom stereocenters. The quantitative estimate of drug-likeness (QED) is 0.843. The molecule has 2 rings (SSSR count). The Bertz CT molecular complexity index is 380. The molecule has 3 nitrogen and oxygen atoms in total. The largest absolute Gasteiger partial charge is 0.491 e. The first-order valence-corrected chi connectivity index (χ1v) is 7.83. The second kappa shape index (κ2) is 7.88. The molecule has 0 heterocycles. The van der Waals surface area contributed by atoms with Crippen LogP contribution in [-0.2, 0) is 0 Å². The molecule has 1 atom stereocenters. The van der Waals surface area contributed by atoms with Gasteiger partial charge in [0.25, 0.3) is 0 Å². The summed E-state index contributed by atoms with van der Waals surface area (Å²) >= 11 is 3.40. The van der Waals surface area contributed by atoms with Gasteiger partial charge in [-0.05, 0) is 31.0 Å². The van der Waals surface area contributed by atoms with Crippen LogP contribution in [0.1, 0.15) is 32.1 Å². The van der Waals surface area contributed by atoms with Crippen molar-refractivity contribution in [3.05, 3.63) is 28.7 Å². The monoisotopic (exact) mass is 327 g/mol. The highest BCUT2D eigenvalue weighted by molar-refractivity contribution is 9.10. The molecule has 0 aromatic heterocycles. The predicted molar refractivity (Wildman–Crippen MR) is 80.5 cm³/mol. The van der Waals surface area contributed by atoms with Crippen molar-refractivity contribution < 1.29 is 9.84 Å². The Kier molecular flexibility index (Phi) is 6.14. The third kappa shape index (κ3) is 5.51. The number of aliphatic hydroxyl groups is 1. The first kappa shape index (κ1) is 14.8. The number of nitrogens with one attached hydrogen (secondary N) is 1. The van der Waals surface area contributed by atoms with Crippen molar-refractivity contribution in [1.29, 1.82) is 0 Å². The molecule has 19 heavy (non-hydrogen) atoms. The van der Waals surface area contributed by atoms with E-state index in [0.717, 1.165) is 10.2 Å². The molecule has 0 aliphatic heterocycles. The predicted octanol–water partition coefficient (Wildman–Crippen LogP) is 3.11. The maximum absolute atomic E-state index is 9.91. The van der Waals surface area contributed by atoms with Gasteiger partial charge in [-0.2, -0.15) is 0 Å². The second-order valence-electron chi connectivity index (χ2n) is 5.17. The lowest BCUT2D eigenvalue weighted by Crippen LogP contribution is -2.38. The Balaban J connectivity index is 1.65. The fourth-order valence-corrected chi connectivity index (χ4v) is 2.80. The Morgan fingerprint density at radius 1 is 1.32 bits per heavy atom. The first-order chi connectivity index (χ1) is 9.24. The van der Waals surface area contributed by atoms with Gasteiger partial charge in [0.2, 0.25) is 0 Å². The minimum absolute atomic E-state index is 0.330. The summed E-state index contributed by atoms with van der Waals surface area (Å²) in [7, 11) is 0. The topological polar surface area (TPSA) is 41.5 Å². The molecule has 1 aliphatic carbocycles. The lowest BCUT2D eigenvalue weighted by molar-refractivity contribution is 0.102. The number of halogens is 1. The summed E-state index contributed by atoms with van der Waals surface area (Å²) in [5.74, 6) is 0.783. The van der Waals surface area contributed by atoms with Crippen LogP contribution in [0.2, 0.25) is 0 Å². The summed E-state index contributed by atoms with van der Waals surface area (Å²) in [5.41, 5.74) is 0. The summed E-state index contributed by atoms with van der Waals surface area (Å²) in [5, 5.41) is 13.3. The van der Waals surface area contributed by atoms with Crippen molar-refractivity contribution in [2.24, 2.45) is 0 Å². The Hall–Kier alpha value is -0.580. The van der Waals surface area contributed by atoms with E-state index in [1.54, 1.807) is 0 Å². The summed E-state index contributed by atoms with van der Waals surface area (Å²) in [6.45, 7) is 0.939. The first-order valence-electron chi connectivity index (χ1n) is 7.04. The van der Waals surface area contributed by atoms with Crippen molar-refractivity contribution >= 4 is 15.9 Å². The summed E-state index contributed by atoms with van der Waals surface area (Å²) < 4.78 is 6.55. The van der Waals surface area contributed by atoms with Crippen molar-refractivity contribution in [2.75, 3.05) is 13.2 Å². The average Bonchev–Trinajstić information content (AvgIpc) is 2.44. The molecule has 1 aliphatic rings. The van der Waals surface area contributed by atoms with Crippen molar-refractivity contribution in [2.45, 2.75) is 44.2 Å². The summed E-state index contributed by atoms with van der Waals surface area (Å²) in [6, 6.07) is 8.25. The van der Waals surface area contributed by atoms with E-state index >= 15 is 0 Å². The normalized spacial score (nSPS) is 18.2. The van der Waals surface area contributed by atoms with E-state index in [-0.39, 0.29) is 0 Å². The standard InChI is InChI=1S/C15H22BrNO2/c16-12-5-4-8-15(9-12)19-11-14(18)10-17-13-6-2-1-3-7-13/h4-5,8-9,13-14,17-18H,1-3,6-7,10-11H2/t14-/m0/s1. The van der Waals surface area contributed by atoms with Gasteiger partial charge in [0.05, 0.1) is 0 Å². The van der Waals surface area contributed by atoms with Crippen LogP contribution < -0.4 is 10.1 Å². The highest BCUT2D eigenvalue weighted by Crippen LogP contribution is 2.18. The maximum atomic E-state index is 9.91. The van der Waals surface area contributed by atoms with Crippen LogP contribution in [-0.4, -0.2) is 30.4 Å². The molecule has 0 radical (unpaired) electrons. The molecule has 1 aromatic rings. The molecule has 0 spiro atoms. The number of benzene rings is 1. The Morgan fingerprint density at radius 2 is 2.11 bits per heavy atom. The highest BCUT2D eigenvalue weighted by atomic mass is 79.9. The molecular weight excluding hydrogens is 306 g/mol. The summed E-state index contributed by atoms with van der Waals surface area (Å²) in [4.78, 5) is 0. The Morgan fingerprint density at radius 3 is 2.84 bits per heavy atom. The lowest BCUT2D eigenvalue weighted by Gasteiger charge is -2.24. The molecule has 2 N–H and O–H groups in total. The molecule has 1 saturated carbocycles. The Labute approximate surface area is 123 Å². The summed E-state index contributed by atoms with van der Waals surface area (Å²) in [6.07, 6.45) is 5.98. The van der Waals surface area contributed by atoms with Gasteiger partial charge >= 0.3 is 0 Å². The smallest absolute Gasteiger partial charge is 0.120 e. The van der Waals surface area contributed by atoms with Crippen LogP contribution >= 0.6 is 15.9 Å². The fraction of sp³-hybridized carbons (Fsp3) is 0.600. The number of rotatable bonds is 6. The highest BCUT2D eigenvalue weighted by Gasteiger charge is 2.14. The van der Waals surface area contributed by atoms with Crippen molar-refractivity contribution in [3.8, 4) is 5.75 Å². The minimum Gasteiger partial charge on any atom is -0.491 e. The SMILES string of the molecule is O[C@@H](CNC1CCCCC1)COc1cccc(Br)c1. The van der Waals surface area contributed by atoms with Crippen LogP contribution in [0.5, 0.6) is 5.75 Å². The van der Waals surface area contributed by atoms with E-state index in [4.69, 9.17) is 4.74 Å². The van der Waals surface area contributed by atoms with Crippen LogP contribution in [0, 0.1) is 0 Å². The lowest BCUT2D eigenvalue weighted by atomic mass is 9.95. The zero-order chi connectivity index (χ0) is 13.5. The van der Waals surface area contributed by atoms with Crippen LogP contribution in [0.3, 0.4) is 0 Å². The molecule has 4 heteroatoms. The fourth-order valence-electron chi connectivity index (χ4n) is 2.42. The maximum Gasteiger partial charge on any atom is 0.120 e. The van der Waals surface area contributed by atoms with E-state index < -0.39 is 6.10 Å². The van der Waals surface area contributed by atoms with Gasteiger partial charge in [-0.3, -0.25) is 0 Å². The molecule has 1 aromatic carbocycles. The van der Waals surface area contributed by atoms with Gasteiger partial charge in [0.15, 0.2) is 0 Å². The zero-order valence-corrected chi connectivity index (χ0v) is 12.7. The van der Waals surface area contributed by atoms with Gasteiger partial charge in [-0.15, -0.1) is 0 Å². The number of hydrogen-bond acceptors (Lipinski definition) is 3.